The Balaban J connectivity index is 4.16. The number of carbonyl (C=O) groups excluding carboxylic acids is 1. The number of amides is 1. The molecule has 0 saturated heterocycles. The van der Waals surface area contributed by atoms with Crippen molar-refractivity contribution in [1.82, 2.24) is 5.32 Å². The number of hydrogen-bond acceptors (Lipinski definition) is 5. The van der Waals surface area contributed by atoms with Crippen LogP contribution < -0.4 is 11.2 Å². The highest BCUT2D eigenvalue weighted by Gasteiger charge is 2.45. The Labute approximate surface area is 119 Å². The van der Waals surface area contributed by atoms with Gasteiger partial charge in [0, 0.05) is 6.54 Å². The van der Waals surface area contributed by atoms with Gasteiger partial charge in [-0.05, 0) is 33.1 Å². The molecule has 1 amide bonds. The summed E-state index contributed by atoms with van der Waals surface area (Å²) in [5.41, 5.74) is 0. The molecule has 8 nitrogen and oxygen atoms in total. The van der Waals surface area contributed by atoms with Crippen molar-refractivity contribution in [2.24, 2.45) is 5.90 Å². The smallest absolute Gasteiger partial charge is 0.407 e. The molecule has 0 aromatic rings. The van der Waals surface area contributed by atoms with Crippen molar-refractivity contribution in [2.45, 2.75) is 51.3 Å². The number of carbonyl (C=O) groups is 1. The molecular weight excluding hydrogens is 287 g/mol. The van der Waals surface area contributed by atoms with Gasteiger partial charge >= 0.3 is 13.7 Å². The topological polar surface area (TPSA) is 131 Å². The average molecular weight is 312 g/mol. The summed E-state index contributed by atoms with van der Waals surface area (Å²) in [4.78, 5) is 34.4. The van der Waals surface area contributed by atoms with Gasteiger partial charge in [-0.25, -0.2) is 10.7 Å². The number of nitrogens with two attached hydrogens (primary N) is 1. The summed E-state index contributed by atoms with van der Waals surface area (Å²) in [6, 6.07) is 0. The summed E-state index contributed by atoms with van der Waals surface area (Å²) in [5, 5.41) is 1.15. The number of rotatable bonds is 9. The Morgan fingerprint density at radius 2 is 2.05 bits per heavy atom. The fourth-order valence-electron chi connectivity index (χ4n) is 1.50. The van der Waals surface area contributed by atoms with E-state index >= 15 is 0 Å². The van der Waals surface area contributed by atoms with Gasteiger partial charge in [0.2, 0.25) is 0 Å². The maximum Gasteiger partial charge on any atom is 0.407 e. The zero-order chi connectivity index (χ0) is 15.8. The van der Waals surface area contributed by atoms with Gasteiger partial charge in [-0.1, -0.05) is 6.92 Å². The van der Waals surface area contributed by atoms with E-state index in [1.165, 1.54) is 13.8 Å². The predicted molar refractivity (Wildman–Crippen MR) is 74.1 cm³/mol. The molecule has 0 aliphatic heterocycles. The number of alkyl carbamates (subject to hydrolysis) is 1. The van der Waals surface area contributed by atoms with E-state index in [4.69, 9.17) is 10.6 Å². The van der Waals surface area contributed by atoms with E-state index in [2.05, 4.69) is 10.2 Å². The van der Waals surface area contributed by atoms with Crippen molar-refractivity contribution in [3.05, 3.63) is 0 Å². The van der Waals surface area contributed by atoms with Gasteiger partial charge in [0.25, 0.3) is 0 Å². The summed E-state index contributed by atoms with van der Waals surface area (Å²) in [6.07, 6.45) is 0.199. The first kappa shape index (κ1) is 19.3. The van der Waals surface area contributed by atoms with Crippen LogP contribution in [0.5, 0.6) is 0 Å². The van der Waals surface area contributed by atoms with E-state index in [1.54, 1.807) is 0 Å². The van der Waals surface area contributed by atoms with E-state index in [9.17, 15) is 19.1 Å². The quantitative estimate of drug-likeness (QED) is 0.285. The predicted octanol–water partition coefficient (Wildman–Crippen LogP) is 1.12. The van der Waals surface area contributed by atoms with Crippen LogP contribution in [0.25, 0.3) is 0 Å². The first-order valence-corrected chi connectivity index (χ1v) is 8.09. The normalized spacial score (nSPS) is 13.9. The Bertz CT molecular complexity index is 344. The second-order valence-corrected chi connectivity index (χ2v) is 7.27. The van der Waals surface area contributed by atoms with E-state index < -0.39 is 24.9 Å². The van der Waals surface area contributed by atoms with Crippen LogP contribution in [-0.4, -0.2) is 40.3 Å². The highest BCUT2D eigenvalue weighted by molar-refractivity contribution is 7.53. The molecule has 0 aromatic heterocycles. The zero-order valence-corrected chi connectivity index (χ0v) is 13.1. The highest BCUT2D eigenvalue weighted by Crippen LogP contribution is 2.53. The minimum atomic E-state index is -4.34. The molecule has 0 fully saturated rings. The second-order valence-electron chi connectivity index (χ2n) is 5.03. The van der Waals surface area contributed by atoms with Gasteiger partial charge in [0.05, 0.1) is 17.9 Å². The van der Waals surface area contributed by atoms with Crippen LogP contribution in [0.15, 0.2) is 0 Å². The van der Waals surface area contributed by atoms with Crippen LogP contribution in [0.3, 0.4) is 0 Å². The van der Waals surface area contributed by atoms with E-state index in [-0.39, 0.29) is 0 Å². The van der Waals surface area contributed by atoms with Crippen LogP contribution in [-0.2, 0) is 14.1 Å². The van der Waals surface area contributed by atoms with Crippen LogP contribution in [0.2, 0.25) is 0 Å². The fraction of sp³-hybridized carbons (Fsp3) is 0.909. The molecule has 5 N–H and O–H groups in total. The molecule has 0 aromatic carbocycles. The van der Waals surface area contributed by atoms with Gasteiger partial charge in [-0.3, -0.25) is 4.57 Å². The Hall–Kier alpha value is -0.660. The minimum absolute atomic E-state index is 0.308. The van der Waals surface area contributed by atoms with Gasteiger partial charge in [-0.15, -0.1) is 0 Å². The molecular formula is C11H25N2O6P. The molecule has 1 atom stereocenters. The number of hydrogen-bond donors (Lipinski definition) is 4. The Morgan fingerprint density at radius 1 is 1.45 bits per heavy atom. The van der Waals surface area contributed by atoms with Gasteiger partial charge < -0.3 is 24.7 Å². The summed E-state index contributed by atoms with van der Waals surface area (Å²) < 4.78 is 16.2. The van der Waals surface area contributed by atoms with Gasteiger partial charge in [0.1, 0.15) is 0 Å². The van der Waals surface area contributed by atoms with E-state index in [0.29, 0.717) is 26.0 Å². The van der Waals surface area contributed by atoms with Gasteiger partial charge in [0.15, 0.2) is 0 Å². The first-order chi connectivity index (χ1) is 9.16. The lowest BCUT2D eigenvalue weighted by molar-refractivity contribution is 0.0168. The monoisotopic (exact) mass is 312 g/mol. The van der Waals surface area contributed by atoms with Crippen molar-refractivity contribution in [2.75, 3.05) is 13.2 Å². The van der Waals surface area contributed by atoms with Gasteiger partial charge in [-0.2, -0.15) is 0 Å². The maximum absolute atomic E-state index is 11.4. The molecule has 0 bridgehead atoms. The van der Waals surface area contributed by atoms with Crippen molar-refractivity contribution >= 4 is 13.7 Å². The Morgan fingerprint density at radius 3 is 2.50 bits per heavy atom. The molecule has 120 valence electrons. The molecule has 9 heteroatoms. The summed E-state index contributed by atoms with van der Waals surface area (Å²) >= 11 is 0. The summed E-state index contributed by atoms with van der Waals surface area (Å²) in [5.74, 6) is 5.11. The molecule has 0 rings (SSSR count). The third kappa shape index (κ3) is 6.19. The second kappa shape index (κ2) is 8.59. The first-order valence-electron chi connectivity index (χ1n) is 6.48. The zero-order valence-electron chi connectivity index (χ0n) is 12.2. The molecule has 0 heterocycles. The largest absolute Gasteiger partial charge is 0.450 e. The lowest BCUT2D eigenvalue weighted by atomic mass is 10.0. The molecule has 0 aliphatic carbocycles. The minimum Gasteiger partial charge on any atom is -0.450 e. The standard InChI is InChI=1S/C11H25N2O6P/c1-4-8-18-10(14)13-7-5-6-9(19-12)11(2,3)20(15,16)17/h9H,4-8,12H2,1-3H3,(H,13,14)(H2,15,16,17). The molecule has 0 aliphatic rings. The number of ether oxygens (including phenoxy) is 1. The average Bonchev–Trinajstić information content (AvgIpc) is 2.34. The lowest BCUT2D eigenvalue weighted by Gasteiger charge is -2.32. The number of nitrogens with one attached hydrogen (secondary N) is 1. The van der Waals surface area contributed by atoms with E-state index in [0.717, 1.165) is 6.42 Å². The van der Waals surface area contributed by atoms with Crippen molar-refractivity contribution in [3.63, 3.8) is 0 Å². The van der Waals surface area contributed by atoms with Crippen molar-refractivity contribution in [3.8, 4) is 0 Å². The van der Waals surface area contributed by atoms with Crippen molar-refractivity contribution < 1.29 is 28.7 Å². The van der Waals surface area contributed by atoms with Crippen LogP contribution in [0.1, 0.15) is 40.0 Å². The Kier molecular flexibility index (Phi) is 8.30. The SMILES string of the molecule is CCCOC(=O)NCCCC(ON)C(C)(C)P(=O)(O)O. The molecule has 0 saturated carbocycles. The highest BCUT2D eigenvalue weighted by atomic mass is 31.2. The molecule has 20 heavy (non-hydrogen) atoms. The molecule has 0 spiro atoms. The third-order valence-electron chi connectivity index (χ3n) is 3.05. The summed E-state index contributed by atoms with van der Waals surface area (Å²) in [6.45, 7) is 5.36. The lowest BCUT2D eigenvalue weighted by Crippen LogP contribution is -2.40. The van der Waals surface area contributed by atoms with E-state index in [1.807, 2.05) is 6.92 Å². The molecule has 0 radical (unpaired) electrons. The fourth-order valence-corrected chi connectivity index (χ4v) is 2.06. The van der Waals surface area contributed by atoms with Crippen molar-refractivity contribution in [1.29, 1.82) is 0 Å². The summed E-state index contributed by atoms with van der Waals surface area (Å²) in [7, 11) is -4.34. The molecule has 1 unspecified atom stereocenters. The maximum atomic E-state index is 11.4. The van der Waals surface area contributed by atoms with Crippen LogP contribution in [0.4, 0.5) is 4.79 Å². The van der Waals surface area contributed by atoms with Crippen LogP contribution in [0, 0.1) is 0 Å². The third-order valence-corrected chi connectivity index (χ3v) is 4.84. The van der Waals surface area contributed by atoms with Crippen LogP contribution >= 0.6 is 7.60 Å².